The van der Waals surface area contributed by atoms with Crippen LogP contribution in [0.5, 0.6) is 0 Å². The predicted octanol–water partition coefficient (Wildman–Crippen LogP) is 5.50. The Kier molecular flexibility index (Phi) is 8.84. The fourth-order valence-electron chi connectivity index (χ4n) is 4.31. The van der Waals surface area contributed by atoms with E-state index >= 15 is 0 Å². The molecule has 0 aromatic rings. The van der Waals surface area contributed by atoms with Gasteiger partial charge < -0.3 is 5.32 Å². The van der Waals surface area contributed by atoms with Gasteiger partial charge in [-0.25, -0.2) is 0 Å². The highest BCUT2D eigenvalue weighted by molar-refractivity contribution is 4.85. The van der Waals surface area contributed by atoms with Gasteiger partial charge in [-0.05, 0) is 55.5 Å². The van der Waals surface area contributed by atoms with E-state index in [4.69, 9.17) is 0 Å². The molecule has 3 atom stereocenters. The Bertz CT molecular complexity index is 232. The minimum atomic E-state index is 0.776. The molecular weight excluding hydrogens is 242 g/mol. The molecule has 120 valence electrons. The summed E-state index contributed by atoms with van der Waals surface area (Å²) in [4.78, 5) is 0. The zero-order chi connectivity index (χ0) is 15.0. The lowest BCUT2D eigenvalue weighted by molar-refractivity contribution is 0.107. The average Bonchev–Trinajstić information content (AvgIpc) is 2.42. The molecule has 0 heterocycles. The van der Waals surface area contributed by atoms with Crippen LogP contribution >= 0.6 is 0 Å². The Balaban J connectivity index is 2.55. The molecule has 0 aliphatic heterocycles. The van der Waals surface area contributed by atoms with Crippen molar-refractivity contribution in [2.75, 3.05) is 13.1 Å². The predicted molar refractivity (Wildman–Crippen MR) is 91.0 cm³/mol. The van der Waals surface area contributed by atoms with Crippen molar-refractivity contribution in [2.24, 2.45) is 29.6 Å². The molecule has 1 fully saturated rings. The first kappa shape index (κ1) is 18.0. The van der Waals surface area contributed by atoms with Crippen LogP contribution in [0.3, 0.4) is 0 Å². The van der Waals surface area contributed by atoms with E-state index in [1.165, 1.54) is 58.0 Å². The van der Waals surface area contributed by atoms with Crippen molar-refractivity contribution in [1.29, 1.82) is 0 Å². The molecule has 1 N–H and O–H groups in total. The van der Waals surface area contributed by atoms with Gasteiger partial charge in [0.1, 0.15) is 0 Å². The van der Waals surface area contributed by atoms with Crippen LogP contribution in [0.1, 0.15) is 79.6 Å². The Morgan fingerprint density at radius 1 is 1.05 bits per heavy atom. The third-order valence-electron chi connectivity index (χ3n) is 5.47. The van der Waals surface area contributed by atoms with Gasteiger partial charge in [0, 0.05) is 0 Å². The summed E-state index contributed by atoms with van der Waals surface area (Å²) in [6.45, 7) is 14.2. The third-order valence-corrected chi connectivity index (χ3v) is 5.47. The van der Waals surface area contributed by atoms with Crippen molar-refractivity contribution in [3.05, 3.63) is 0 Å². The maximum absolute atomic E-state index is 3.73. The van der Waals surface area contributed by atoms with Crippen LogP contribution in [0.25, 0.3) is 0 Å². The molecule has 0 aromatic carbocycles. The summed E-state index contributed by atoms with van der Waals surface area (Å²) in [5.41, 5.74) is 0. The molecule has 1 heteroatoms. The molecule has 0 spiro atoms. The van der Waals surface area contributed by atoms with Gasteiger partial charge in [0.25, 0.3) is 0 Å². The molecule has 20 heavy (non-hydrogen) atoms. The summed E-state index contributed by atoms with van der Waals surface area (Å²) in [6.07, 6.45) is 10.0. The molecular formula is C19H39N. The lowest BCUT2D eigenvalue weighted by Crippen LogP contribution is -2.37. The van der Waals surface area contributed by atoms with E-state index in [9.17, 15) is 0 Å². The Morgan fingerprint density at radius 3 is 2.30 bits per heavy atom. The van der Waals surface area contributed by atoms with Crippen molar-refractivity contribution < 1.29 is 0 Å². The summed E-state index contributed by atoms with van der Waals surface area (Å²) in [5, 5.41) is 3.73. The highest BCUT2D eigenvalue weighted by Crippen LogP contribution is 2.41. The number of hydrogen-bond acceptors (Lipinski definition) is 1. The fourth-order valence-corrected chi connectivity index (χ4v) is 4.31. The molecule has 0 saturated heterocycles. The normalized spacial score (nSPS) is 27.4. The van der Waals surface area contributed by atoms with E-state index in [1.807, 2.05) is 0 Å². The summed E-state index contributed by atoms with van der Waals surface area (Å²) >= 11 is 0. The molecule has 0 amide bonds. The first-order valence-corrected chi connectivity index (χ1v) is 9.32. The molecule has 1 aliphatic rings. The Labute approximate surface area is 128 Å². The minimum absolute atomic E-state index is 0.776. The van der Waals surface area contributed by atoms with E-state index in [0.717, 1.165) is 29.6 Å². The van der Waals surface area contributed by atoms with Crippen LogP contribution in [-0.2, 0) is 0 Å². The zero-order valence-electron chi connectivity index (χ0n) is 14.8. The molecule has 1 aliphatic carbocycles. The van der Waals surface area contributed by atoms with Crippen LogP contribution in [0.15, 0.2) is 0 Å². The van der Waals surface area contributed by atoms with E-state index in [1.54, 1.807) is 0 Å². The molecule has 1 saturated carbocycles. The van der Waals surface area contributed by atoms with Gasteiger partial charge in [-0.3, -0.25) is 0 Å². The zero-order valence-corrected chi connectivity index (χ0v) is 14.8. The summed E-state index contributed by atoms with van der Waals surface area (Å²) in [7, 11) is 0. The molecule has 3 unspecified atom stereocenters. The third kappa shape index (κ3) is 5.76. The van der Waals surface area contributed by atoms with Gasteiger partial charge in [0.15, 0.2) is 0 Å². The van der Waals surface area contributed by atoms with E-state index in [-0.39, 0.29) is 0 Å². The monoisotopic (exact) mass is 281 g/mol. The summed E-state index contributed by atoms with van der Waals surface area (Å²) in [6, 6.07) is 0. The van der Waals surface area contributed by atoms with Gasteiger partial charge in [-0.2, -0.15) is 0 Å². The second kappa shape index (κ2) is 9.82. The topological polar surface area (TPSA) is 12.0 Å². The van der Waals surface area contributed by atoms with Gasteiger partial charge in [0.2, 0.25) is 0 Å². The SMILES string of the molecule is CCCC1CCC(CNCC(C)C)C(C(CC)CC)C1. The second-order valence-electron chi connectivity index (χ2n) is 7.52. The van der Waals surface area contributed by atoms with Gasteiger partial charge in [0.05, 0.1) is 0 Å². The number of nitrogens with one attached hydrogen (secondary N) is 1. The van der Waals surface area contributed by atoms with Crippen molar-refractivity contribution in [3.63, 3.8) is 0 Å². The standard InChI is InChI=1S/C19H39N/c1-6-9-16-10-11-18(14-20-13-15(4)5)19(12-16)17(7-2)8-3/h15-20H,6-14H2,1-5H3. The molecule has 0 bridgehead atoms. The molecule has 0 radical (unpaired) electrons. The Morgan fingerprint density at radius 2 is 1.75 bits per heavy atom. The number of hydrogen-bond donors (Lipinski definition) is 1. The van der Waals surface area contributed by atoms with Crippen LogP contribution in [0.4, 0.5) is 0 Å². The molecule has 0 aromatic heterocycles. The fraction of sp³-hybridized carbons (Fsp3) is 1.00. The highest BCUT2D eigenvalue weighted by atomic mass is 14.9. The first-order valence-electron chi connectivity index (χ1n) is 9.32. The minimum Gasteiger partial charge on any atom is -0.316 e. The van der Waals surface area contributed by atoms with Crippen molar-refractivity contribution >= 4 is 0 Å². The second-order valence-corrected chi connectivity index (χ2v) is 7.52. The van der Waals surface area contributed by atoms with E-state index < -0.39 is 0 Å². The van der Waals surface area contributed by atoms with Crippen LogP contribution in [-0.4, -0.2) is 13.1 Å². The van der Waals surface area contributed by atoms with Gasteiger partial charge in [-0.1, -0.05) is 66.7 Å². The van der Waals surface area contributed by atoms with Crippen LogP contribution in [0, 0.1) is 29.6 Å². The van der Waals surface area contributed by atoms with Crippen molar-refractivity contribution in [2.45, 2.75) is 79.6 Å². The summed E-state index contributed by atoms with van der Waals surface area (Å²) < 4.78 is 0. The maximum Gasteiger partial charge on any atom is -0.00176 e. The Hall–Kier alpha value is -0.0400. The van der Waals surface area contributed by atoms with E-state index in [0.29, 0.717) is 0 Å². The van der Waals surface area contributed by atoms with E-state index in [2.05, 4.69) is 39.9 Å². The van der Waals surface area contributed by atoms with Gasteiger partial charge in [-0.15, -0.1) is 0 Å². The lowest BCUT2D eigenvalue weighted by Gasteiger charge is -2.40. The van der Waals surface area contributed by atoms with Crippen molar-refractivity contribution in [1.82, 2.24) is 5.32 Å². The first-order chi connectivity index (χ1) is 9.62. The number of rotatable bonds is 9. The lowest BCUT2D eigenvalue weighted by atomic mass is 9.66. The van der Waals surface area contributed by atoms with Crippen LogP contribution < -0.4 is 5.32 Å². The van der Waals surface area contributed by atoms with Crippen molar-refractivity contribution in [3.8, 4) is 0 Å². The summed E-state index contributed by atoms with van der Waals surface area (Å²) in [5.74, 6) is 4.67. The molecule has 1 rings (SSSR count). The largest absolute Gasteiger partial charge is 0.316 e. The van der Waals surface area contributed by atoms with Gasteiger partial charge >= 0.3 is 0 Å². The molecule has 1 nitrogen and oxygen atoms in total. The van der Waals surface area contributed by atoms with Crippen LogP contribution in [0.2, 0.25) is 0 Å². The average molecular weight is 282 g/mol. The quantitative estimate of drug-likeness (QED) is 0.588. The maximum atomic E-state index is 3.73. The highest BCUT2D eigenvalue weighted by Gasteiger charge is 2.33. The smallest absolute Gasteiger partial charge is 0.00176 e.